The first-order chi connectivity index (χ1) is 7.74. The SMILES string of the molecule is CCCNCCNC(=O)c1ccnc(Cl)c1. The molecule has 0 aliphatic heterocycles. The van der Waals surface area contributed by atoms with E-state index in [0.29, 0.717) is 17.3 Å². The van der Waals surface area contributed by atoms with E-state index in [1.807, 2.05) is 0 Å². The fourth-order valence-electron chi connectivity index (χ4n) is 1.21. The van der Waals surface area contributed by atoms with Crippen molar-refractivity contribution >= 4 is 17.5 Å². The summed E-state index contributed by atoms with van der Waals surface area (Å²) in [7, 11) is 0. The molecule has 2 N–H and O–H groups in total. The first-order valence-electron chi connectivity index (χ1n) is 5.34. The molecule has 0 aromatic carbocycles. The molecule has 0 radical (unpaired) electrons. The average Bonchev–Trinajstić information content (AvgIpc) is 2.28. The third kappa shape index (κ3) is 4.59. The molecule has 1 heterocycles. The van der Waals surface area contributed by atoms with Gasteiger partial charge in [0.05, 0.1) is 0 Å². The Morgan fingerprint density at radius 2 is 2.25 bits per heavy atom. The molecule has 5 heteroatoms. The molecule has 0 fully saturated rings. The minimum atomic E-state index is -0.123. The fraction of sp³-hybridized carbons (Fsp3) is 0.455. The molecule has 0 atom stereocenters. The van der Waals surface area contributed by atoms with Gasteiger partial charge in [0.25, 0.3) is 5.91 Å². The number of carbonyl (C=O) groups is 1. The van der Waals surface area contributed by atoms with Crippen LogP contribution in [0.5, 0.6) is 0 Å². The summed E-state index contributed by atoms with van der Waals surface area (Å²) in [6, 6.07) is 3.19. The van der Waals surface area contributed by atoms with Crippen molar-refractivity contribution in [2.45, 2.75) is 13.3 Å². The van der Waals surface area contributed by atoms with E-state index in [4.69, 9.17) is 11.6 Å². The second kappa shape index (κ2) is 7.19. The van der Waals surface area contributed by atoms with E-state index in [0.717, 1.165) is 19.5 Å². The highest BCUT2D eigenvalue weighted by atomic mass is 35.5. The molecule has 1 aromatic heterocycles. The molecular formula is C11H16ClN3O. The van der Waals surface area contributed by atoms with E-state index in [1.54, 1.807) is 12.1 Å². The molecule has 0 aliphatic rings. The lowest BCUT2D eigenvalue weighted by Crippen LogP contribution is -2.32. The second-order valence-corrected chi connectivity index (χ2v) is 3.76. The Kier molecular flexibility index (Phi) is 5.82. The molecule has 0 bridgehead atoms. The van der Waals surface area contributed by atoms with Gasteiger partial charge >= 0.3 is 0 Å². The Hall–Kier alpha value is -1.13. The summed E-state index contributed by atoms with van der Waals surface area (Å²) in [5, 5.41) is 6.33. The zero-order chi connectivity index (χ0) is 11.8. The summed E-state index contributed by atoms with van der Waals surface area (Å²) in [6.45, 7) is 4.46. The minimum absolute atomic E-state index is 0.123. The molecule has 1 rings (SSSR count). The van der Waals surface area contributed by atoms with Crippen LogP contribution in [0.1, 0.15) is 23.7 Å². The number of carbonyl (C=O) groups excluding carboxylic acids is 1. The summed E-state index contributed by atoms with van der Waals surface area (Å²) in [6.07, 6.45) is 2.61. The zero-order valence-electron chi connectivity index (χ0n) is 9.29. The van der Waals surface area contributed by atoms with Crippen molar-refractivity contribution < 1.29 is 4.79 Å². The van der Waals surface area contributed by atoms with Crippen LogP contribution in [-0.4, -0.2) is 30.5 Å². The van der Waals surface area contributed by atoms with Crippen molar-refractivity contribution in [3.05, 3.63) is 29.0 Å². The molecule has 4 nitrogen and oxygen atoms in total. The number of halogens is 1. The highest BCUT2D eigenvalue weighted by molar-refractivity contribution is 6.29. The van der Waals surface area contributed by atoms with Gasteiger partial charge in [-0.3, -0.25) is 4.79 Å². The van der Waals surface area contributed by atoms with Crippen LogP contribution in [0.3, 0.4) is 0 Å². The number of hydrogen-bond acceptors (Lipinski definition) is 3. The molecule has 0 aliphatic carbocycles. The number of nitrogens with zero attached hydrogens (tertiary/aromatic N) is 1. The lowest BCUT2D eigenvalue weighted by atomic mass is 10.2. The van der Waals surface area contributed by atoms with E-state index < -0.39 is 0 Å². The van der Waals surface area contributed by atoms with Crippen molar-refractivity contribution in [1.29, 1.82) is 0 Å². The third-order valence-corrected chi connectivity index (χ3v) is 2.21. The topological polar surface area (TPSA) is 54.0 Å². The van der Waals surface area contributed by atoms with Gasteiger partial charge in [0.1, 0.15) is 5.15 Å². The van der Waals surface area contributed by atoms with E-state index in [1.165, 1.54) is 6.20 Å². The van der Waals surface area contributed by atoms with E-state index in [-0.39, 0.29) is 5.91 Å². The number of pyridine rings is 1. The monoisotopic (exact) mass is 241 g/mol. The largest absolute Gasteiger partial charge is 0.351 e. The molecule has 0 saturated heterocycles. The summed E-state index contributed by atoms with van der Waals surface area (Å²) < 4.78 is 0. The highest BCUT2D eigenvalue weighted by Gasteiger charge is 2.04. The van der Waals surface area contributed by atoms with Gasteiger partial charge in [-0.2, -0.15) is 0 Å². The predicted octanol–water partition coefficient (Wildman–Crippen LogP) is 1.46. The van der Waals surface area contributed by atoms with E-state index in [2.05, 4.69) is 22.5 Å². The average molecular weight is 242 g/mol. The maximum absolute atomic E-state index is 11.6. The van der Waals surface area contributed by atoms with Crippen molar-refractivity contribution in [2.75, 3.05) is 19.6 Å². The van der Waals surface area contributed by atoms with Gasteiger partial charge in [0.2, 0.25) is 0 Å². The van der Waals surface area contributed by atoms with Crippen molar-refractivity contribution in [3.63, 3.8) is 0 Å². The van der Waals surface area contributed by atoms with Crippen LogP contribution in [0.4, 0.5) is 0 Å². The summed E-state index contributed by atoms with van der Waals surface area (Å²) in [4.78, 5) is 15.4. The number of aromatic nitrogens is 1. The molecule has 0 unspecified atom stereocenters. The zero-order valence-corrected chi connectivity index (χ0v) is 10.0. The van der Waals surface area contributed by atoms with E-state index >= 15 is 0 Å². The van der Waals surface area contributed by atoms with Crippen LogP contribution in [0, 0.1) is 0 Å². The van der Waals surface area contributed by atoms with Crippen molar-refractivity contribution in [2.24, 2.45) is 0 Å². The molecule has 1 aromatic rings. The lowest BCUT2D eigenvalue weighted by molar-refractivity contribution is 0.0954. The van der Waals surface area contributed by atoms with Gasteiger partial charge in [0.15, 0.2) is 0 Å². The van der Waals surface area contributed by atoms with Gasteiger partial charge in [-0.05, 0) is 25.1 Å². The Labute approximate surface area is 100 Å². The van der Waals surface area contributed by atoms with Crippen LogP contribution in [0.15, 0.2) is 18.3 Å². The van der Waals surface area contributed by atoms with Crippen molar-refractivity contribution in [1.82, 2.24) is 15.6 Å². The third-order valence-electron chi connectivity index (χ3n) is 2.00. The van der Waals surface area contributed by atoms with Gasteiger partial charge in [-0.15, -0.1) is 0 Å². The Morgan fingerprint density at radius 3 is 2.94 bits per heavy atom. The van der Waals surface area contributed by atoms with Crippen LogP contribution < -0.4 is 10.6 Å². The van der Waals surface area contributed by atoms with Gasteiger partial charge in [-0.25, -0.2) is 4.98 Å². The maximum atomic E-state index is 11.6. The lowest BCUT2D eigenvalue weighted by Gasteiger charge is -2.06. The fourth-order valence-corrected chi connectivity index (χ4v) is 1.39. The first-order valence-corrected chi connectivity index (χ1v) is 5.72. The molecular weight excluding hydrogens is 226 g/mol. The molecule has 0 spiro atoms. The number of rotatable bonds is 6. The molecule has 0 saturated carbocycles. The normalized spacial score (nSPS) is 10.1. The second-order valence-electron chi connectivity index (χ2n) is 3.37. The van der Waals surface area contributed by atoms with Crippen LogP contribution in [0.2, 0.25) is 5.15 Å². The standard InChI is InChI=1S/C11H16ClN3O/c1-2-4-13-6-7-15-11(16)9-3-5-14-10(12)8-9/h3,5,8,13H,2,4,6-7H2,1H3,(H,15,16). The van der Waals surface area contributed by atoms with Gasteiger partial charge < -0.3 is 10.6 Å². The summed E-state index contributed by atoms with van der Waals surface area (Å²) in [5.41, 5.74) is 0.537. The Morgan fingerprint density at radius 1 is 1.44 bits per heavy atom. The maximum Gasteiger partial charge on any atom is 0.251 e. The molecule has 1 amide bonds. The number of hydrogen-bond donors (Lipinski definition) is 2. The van der Waals surface area contributed by atoms with Gasteiger partial charge in [0, 0.05) is 24.8 Å². The van der Waals surface area contributed by atoms with Crippen LogP contribution >= 0.6 is 11.6 Å². The minimum Gasteiger partial charge on any atom is -0.351 e. The Balaban J connectivity index is 2.30. The first kappa shape index (κ1) is 12.9. The van der Waals surface area contributed by atoms with Crippen molar-refractivity contribution in [3.8, 4) is 0 Å². The number of nitrogens with one attached hydrogen (secondary N) is 2. The summed E-state index contributed by atoms with van der Waals surface area (Å²) in [5.74, 6) is -0.123. The van der Waals surface area contributed by atoms with Crippen LogP contribution in [0.25, 0.3) is 0 Å². The van der Waals surface area contributed by atoms with Crippen LogP contribution in [-0.2, 0) is 0 Å². The Bertz CT molecular complexity index is 344. The highest BCUT2D eigenvalue weighted by Crippen LogP contribution is 2.06. The number of amides is 1. The molecule has 88 valence electrons. The smallest absolute Gasteiger partial charge is 0.251 e. The predicted molar refractivity (Wildman–Crippen MR) is 64.7 cm³/mol. The summed E-state index contributed by atoms with van der Waals surface area (Å²) >= 11 is 5.69. The quantitative estimate of drug-likeness (QED) is 0.586. The van der Waals surface area contributed by atoms with E-state index in [9.17, 15) is 4.79 Å². The van der Waals surface area contributed by atoms with Gasteiger partial charge in [-0.1, -0.05) is 18.5 Å². The molecule has 16 heavy (non-hydrogen) atoms.